The highest BCUT2D eigenvalue weighted by Crippen LogP contribution is 2.45. The van der Waals surface area contributed by atoms with Crippen LogP contribution in [-0.2, 0) is 65.4 Å². The molecule has 0 fully saturated rings. The van der Waals surface area contributed by atoms with E-state index in [1.165, 1.54) is 225 Å². The van der Waals surface area contributed by atoms with E-state index in [1.54, 1.807) is 0 Å². The second-order valence-electron chi connectivity index (χ2n) is 31.1. The zero-order valence-electron chi connectivity index (χ0n) is 67.2. The van der Waals surface area contributed by atoms with E-state index in [0.29, 0.717) is 25.7 Å². The van der Waals surface area contributed by atoms with Gasteiger partial charge in [0.25, 0.3) is 0 Å². The van der Waals surface area contributed by atoms with E-state index in [0.717, 1.165) is 120 Å². The Kier molecular flexibility index (Phi) is 70.6. The minimum Gasteiger partial charge on any atom is -0.462 e. The van der Waals surface area contributed by atoms with Gasteiger partial charge in [0, 0.05) is 25.7 Å². The van der Waals surface area contributed by atoms with Crippen molar-refractivity contribution in [3.8, 4) is 0 Å². The molecule has 0 heterocycles. The van der Waals surface area contributed by atoms with Crippen molar-refractivity contribution in [2.24, 2.45) is 23.7 Å². The van der Waals surface area contributed by atoms with Crippen molar-refractivity contribution in [2.75, 3.05) is 39.6 Å². The Morgan fingerprint density at radius 3 is 0.696 bits per heavy atom. The lowest BCUT2D eigenvalue weighted by Crippen LogP contribution is -2.30. The van der Waals surface area contributed by atoms with Crippen LogP contribution < -0.4 is 0 Å². The summed E-state index contributed by atoms with van der Waals surface area (Å²) >= 11 is 0. The molecular formula is C83H162O17P2. The van der Waals surface area contributed by atoms with E-state index in [2.05, 4.69) is 55.4 Å². The van der Waals surface area contributed by atoms with E-state index in [4.69, 9.17) is 37.0 Å². The predicted molar refractivity (Wildman–Crippen MR) is 418 cm³/mol. The molecule has 0 spiro atoms. The van der Waals surface area contributed by atoms with Crippen LogP contribution in [0.3, 0.4) is 0 Å². The Hall–Kier alpha value is -1.94. The molecule has 0 amide bonds. The lowest BCUT2D eigenvalue weighted by Gasteiger charge is -2.21. The summed E-state index contributed by atoms with van der Waals surface area (Å²) in [4.78, 5) is 73.1. The van der Waals surface area contributed by atoms with Crippen LogP contribution in [0.25, 0.3) is 0 Å². The first-order valence-corrected chi connectivity index (χ1v) is 45.8. The molecule has 0 rings (SSSR count). The van der Waals surface area contributed by atoms with Gasteiger partial charge in [-0.3, -0.25) is 37.3 Å². The quantitative estimate of drug-likeness (QED) is 0.0222. The fourth-order valence-electron chi connectivity index (χ4n) is 12.7. The maximum atomic E-state index is 13.1. The summed E-state index contributed by atoms with van der Waals surface area (Å²) in [6.45, 7) is 14.3. The first-order chi connectivity index (χ1) is 49.2. The number of ether oxygens (including phenoxy) is 4. The maximum Gasteiger partial charge on any atom is 0.472 e. The smallest absolute Gasteiger partial charge is 0.462 e. The van der Waals surface area contributed by atoms with Crippen LogP contribution in [0.5, 0.6) is 0 Å². The second kappa shape index (κ2) is 72.0. The van der Waals surface area contributed by atoms with Crippen molar-refractivity contribution >= 4 is 39.5 Å². The summed E-state index contributed by atoms with van der Waals surface area (Å²) < 4.78 is 68.7. The van der Waals surface area contributed by atoms with Crippen LogP contribution in [0.4, 0.5) is 0 Å². The van der Waals surface area contributed by atoms with Gasteiger partial charge < -0.3 is 33.8 Å². The van der Waals surface area contributed by atoms with Crippen molar-refractivity contribution in [1.29, 1.82) is 0 Å². The number of phosphoric acid groups is 2. The molecule has 17 nitrogen and oxygen atoms in total. The molecule has 0 radical (unpaired) electrons. The van der Waals surface area contributed by atoms with Crippen LogP contribution in [0, 0.1) is 23.7 Å². The maximum absolute atomic E-state index is 13.1. The zero-order valence-corrected chi connectivity index (χ0v) is 69.0. The van der Waals surface area contributed by atoms with E-state index >= 15 is 0 Å². The third-order valence-electron chi connectivity index (χ3n) is 20.4. The van der Waals surface area contributed by atoms with E-state index in [9.17, 15) is 43.2 Å². The van der Waals surface area contributed by atoms with E-state index < -0.39 is 97.5 Å². The molecule has 3 N–H and O–H groups in total. The van der Waals surface area contributed by atoms with Crippen LogP contribution >= 0.6 is 15.6 Å². The molecule has 0 aromatic rings. The summed E-state index contributed by atoms with van der Waals surface area (Å²) in [6, 6.07) is 0. The fraction of sp³-hybridized carbons (Fsp3) is 0.952. The fourth-order valence-corrected chi connectivity index (χ4v) is 14.3. The molecule has 0 aliphatic rings. The Labute approximate surface area is 626 Å². The predicted octanol–water partition coefficient (Wildman–Crippen LogP) is 24.8. The minimum absolute atomic E-state index is 0.105. The largest absolute Gasteiger partial charge is 0.472 e. The number of aliphatic hydroxyl groups excluding tert-OH is 1. The number of carbonyl (C=O) groups excluding carboxylic acids is 4. The molecule has 0 aromatic carbocycles. The van der Waals surface area contributed by atoms with Crippen LogP contribution in [0.1, 0.15) is 428 Å². The van der Waals surface area contributed by atoms with Gasteiger partial charge in [-0.1, -0.05) is 376 Å². The third kappa shape index (κ3) is 72.3. The average molecular weight is 1490 g/mol. The first kappa shape index (κ1) is 100. The van der Waals surface area contributed by atoms with Gasteiger partial charge in [0.1, 0.15) is 19.3 Å². The number of hydrogen-bond acceptors (Lipinski definition) is 15. The van der Waals surface area contributed by atoms with E-state index in [-0.39, 0.29) is 25.7 Å². The molecule has 0 aliphatic carbocycles. The first-order valence-electron chi connectivity index (χ1n) is 42.8. The molecule has 8 atom stereocenters. The molecule has 0 saturated heterocycles. The molecule has 0 saturated carbocycles. The summed E-state index contributed by atoms with van der Waals surface area (Å²) in [5, 5.41) is 10.6. The number of esters is 4. The van der Waals surface area contributed by atoms with Gasteiger partial charge in [0.05, 0.1) is 26.4 Å². The van der Waals surface area contributed by atoms with Gasteiger partial charge in [-0.15, -0.1) is 0 Å². The molecule has 102 heavy (non-hydrogen) atoms. The van der Waals surface area contributed by atoms with Crippen LogP contribution in [0.15, 0.2) is 0 Å². The number of carbonyl (C=O) groups is 4. The van der Waals surface area contributed by atoms with Gasteiger partial charge in [-0.05, 0) is 49.4 Å². The highest BCUT2D eigenvalue weighted by atomic mass is 31.2. The van der Waals surface area contributed by atoms with Gasteiger partial charge in [-0.25, -0.2) is 9.13 Å². The van der Waals surface area contributed by atoms with E-state index in [1.807, 2.05) is 0 Å². The van der Waals surface area contributed by atoms with Crippen molar-refractivity contribution in [3.05, 3.63) is 0 Å². The Morgan fingerprint density at radius 1 is 0.275 bits per heavy atom. The van der Waals surface area contributed by atoms with Crippen molar-refractivity contribution in [3.63, 3.8) is 0 Å². The second-order valence-corrected chi connectivity index (χ2v) is 34.0. The average Bonchev–Trinajstić information content (AvgIpc) is 0.967. The molecule has 0 aliphatic heterocycles. The lowest BCUT2D eigenvalue weighted by molar-refractivity contribution is -0.161. The third-order valence-corrected chi connectivity index (χ3v) is 22.3. The van der Waals surface area contributed by atoms with Crippen molar-refractivity contribution < 1.29 is 80.2 Å². The lowest BCUT2D eigenvalue weighted by atomic mass is 9.99. The Morgan fingerprint density at radius 2 is 0.471 bits per heavy atom. The van der Waals surface area contributed by atoms with Crippen molar-refractivity contribution in [1.82, 2.24) is 0 Å². The number of unbranched alkanes of at least 4 members (excludes halogenated alkanes) is 43. The standard InChI is InChI=1S/C83H162O17P2/c1-9-74(6)60-52-44-36-30-26-22-18-14-12-13-15-19-24-28-32-39-49-57-65-82(87)99-79(70-94-81(86)64-56-48-42-41-46-54-62-76(8)11-3)72-98-102(91,92)96-68-77(84)67-95-101(89,90)97-71-78(100-83(88)66-58-50-40-34-33-37-45-53-61-75(7)10-2)69-93-80(85)63-55-47-38-31-27-23-20-16-17-21-25-29-35-43-51-59-73(4)5/h73-79,84H,9-72H2,1-8H3,(H,89,90)(H,91,92)/t74?,75?,76?,77-,78-,79-/m1/s1. The number of phosphoric ester groups is 2. The Balaban J connectivity index is 5.17. The number of aliphatic hydroxyl groups is 1. The van der Waals surface area contributed by atoms with Crippen LogP contribution in [-0.4, -0.2) is 96.7 Å². The molecule has 19 heteroatoms. The molecule has 0 aromatic heterocycles. The summed E-state index contributed by atoms with van der Waals surface area (Å²) in [5.41, 5.74) is 0. The molecule has 5 unspecified atom stereocenters. The van der Waals surface area contributed by atoms with Gasteiger partial charge in [0.15, 0.2) is 12.2 Å². The van der Waals surface area contributed by atoms with Gasteiger partial charge >= 0.3 is 39.5 Å². The highest BCUT2D eigenvalue weighted by Gasteiger charge is 2.30. The molecule has 606 valence electrons. The highest BCUT2D eigenvalue weighted by molar-refractivity contribution is 7.47. The van der Waals surface area contributed by atoms with Gasteiger partial charge in [0.2, 0.25) is 0 Å². The monoisotopic (exact) mass is 1490 g/mol. The normalized spacial score (nSPS) is 14.8. The Bertz CT molecular complexity index is 1990. The number of hydrogen-bond donors (Lipinski definition) is 3. The minimum atomic E-state index is -4.96. The number of rotatable bonds is 80. The van der Waals surface area contributed by atoms with Gasteiger partial charge in [-0.2, -0.15) is 0 Å². The molecule has 0 bridgehead atoms. The van der Waals surface area contributed by atoms with Crippen molar-refractivity contribution in [2.45, 2.75) is 446 Å². The summed E-state index contributed by atoms with van der Waals surface area (Å²) in [6.07, 6.45) is 59.7. The zero-order chi connectivity index (χ0) is 75.3. The summed E-state index contributed by atoms with van der Waals surface area (Å²) in [5.74, 6) is 1.06. The summed E-state index contributed by atoms with van der Waals surface area (Å²) in [7, 11) is -9.92. The topological polar surface area (TPSA) is 237 Å². The van der Waals surface area contributed by atoms with Crippen LogP contribution in [0.2, 0.25) is 0 Å². The SMILES string of the molecule is CCC(C)CCCCCCCCCCCCCCCCCCCCC(=O)O[C@H](COC(=O)CCCCCCCCC(C)CC)COP(=O)(O)OC[C@H](O)COP(=O)(O)OC[C@@H](COC(=O)CCCCCCCCCCCCCCCCCC(C)C)OC(=O)CCCCCCCCCCC(C)CC. The molecular weight excluding hydrogens is 1330 g/mol.